The van der Waals surface area contributed by atoms with Gasteiger partial charge in [0.05, 0.1) is 0 Å². The average molecular weight is 338 g/mol. The molecule has 7 heteroatoms. The van der Waals surface area contributed by atoms with Crippen molar-refractivity contribution >= 4 is 35.2 Å². The van der Waals surface area contributed by atoms with Crippen molar-refractivity contribution in [2.24, 2.45) is 0 Å². The topological polar surface area (TPSA) is 74.8 Å². The first-order valence-electron chi connectivity index (χ1n) is 7.47. The fourth-order valence-electron chi connectivity index (χ4n) is 2.13. The molecule has 0 saturated heterocycles. The molecule has 1 aromatic heterocycles. The van der Waals surface area contributed by atoms with E-state index in [1.165, 1.54) is 6.33 Å². The maximum Gasteiger partial charge on any atom is 0.232 e. The molecule has 0 aliphatic heterocycles. The second-order valence-electron chi connectivity index (χ2n) is 5.03. The van der Waals surface area contributed by atoms with Gasteiger partial charge in [0.15, 0.2) is 0 Å². The van der Waals surface area contributed by atoms with Crippen molar-refractivity contribution in [1.82, 2.24) is 19.7 Å². The van der Waals surface area contributed by atoms with Gasteiger partial charge < -0.3 is 10.6 Å². The van der Waals surface area contributed by atoms with Crippen LogP contribution in [0.15, 0.2) is 59.8 Å². The summed E-state index contributed by atoms with van der Waals surface area (Å²) in [5, 5.41) is 6.41. The number of aryl methyl sites for hydroxylation is 1. The molecule has 0 aliphatic rings. The smallest absolute Gasteiger partial charge is 0.232 e. The van der Waals surface area contributed by atoms with Crippen LogP contribution in [0.2, 0.25) is 0 Å². The summed E-state index contributed by atoms with van der Waals surface area (Å²) in [5.41, 5.74) is 3.02. The fourth-order valence-corrected chi connectivity index (χ4v) is 2.70. The Hall–Kier alpha value is -2.64. The zero-order chi connectivity index (χ0) is 16.8. The lowest BCUT2D eigenvalue weighted by Gasteiger charge is -2.09. The summed E-state index contributed by atoms with van der Waals surface area (Å²) in [6.07, 6.45) is 1.49. The zero-order valence-corrected chi connectivity index (χ0v) is 14.3. The van der Waals surface area contributed by atoms with E-state index in [0.717, 1.165) is 21.8 Å². The number of benzene rings is 2. The Morgan fingerprint density at radius 3 is 2.50 bits per heavy atom. The van der Waals surface area contributed by atoms with Crippen LogP contribution < -0.4 is 15.4 Å². The van der Waals surface area contributed by atoms with E-state index in [-0.39, 0.29) is 0 Å². The summed E-state index contributed by atoms with van der Waals surface area (Å²) in [6.45, 7) is 2.04. The molecule has 0 spiro atoms. The van der Waals surface area contributed by atoms with Gasteiger partial charge in [-0.15, -0.1) is 0 Å². The highest BCUT2D eigenvalue weighted by molar-refractivity contribution is 7.97. The molecule has 3 aromatic rings. The first-order chi connectivity index (χ1) is 11.7. The van der Waals surface area contributed by atoms with Crippen molar-refractivity contribution in [3.05, 3.63) is 60.4 Å². The lowest BCUT2D eigenvalue weighted by molar-refractivity contribution is 1.06. The van der Waals surface area contributed by atoms with Crippen LogP contribution in [0.4, 0.5) is 23.3 Å². The van der Waals surface area contributed by atoms with Gasteiger partial charge in [-0.25, -0.2) is 9.97 Å². The highest BCUT2D eigenvalue weighted by Gasteiger charge is 2.04. The van der Waals surface area contributed by atoms with Crippen molar-refractivity contribution in [2.75, 3.05) is 17.7 Å². The van der Waals surface area contributed by atoms with E-state index in [2.05, 4.69) is 30.3 Å². The van der Waals surface area contributed by atoms with Crippen LogP contribution >= 0.6 is 11.9 Å². The minimum atomic E-state index is 0.493. The molecule has 0 unspecified atom stereocenters. The van der Waals surface area contributed by atoms with Gasteiger partial charge in [0.2, 0.25) is 11.9 Å². The Kier molecular flexibility index (Phi) is 5.25. The molecule has 0 bridgehead atoms. The largest absolute Gasteiger partial charge is 0.324 e. The molecule has 1 heterocycles. The Balaban J connectivity index is 1.76. The molecular weight excluding hydrogens is 320 g/mol. The summed E-state index contributed by atoms with van der Waals surface area (Å²) in [4.78, 5) is 13.9. The number of hydrogen-bond acceptors (Lipinski definition) is 7. The number of hydrogen-bond donors (Lipinski definition) is 3. The number of aromatic nitrogens is 3. The molecule has 3 N–H and O–H groups in total. The van der Waals surface area contributed by atoms with E-state index in [1.807, 2.05) is 62.5 Å². The quantitative estimate of drug-likeness (QED) is 0.589. The predicted molar refractivity (Wildman–Crippen MR) is 98.9 cm³/mol. The number of anilines is 4. The molecule has 0 atom stereocenters. The lowest BCUT2D eigenvalue weighted by atomic mass is 10.2. The number of nitrogens with one attached hydrogen (secondary N) is 3. The van der Waals surface area contributed by atoms with Crippen molar-refractivity contribution < 1.29 is 0 Å². The average Bonchev–Trinajstić information content (AvgIpc) is 2.58. The molecule has 0 amide bonds. The van der Waals surface area contributed by atoms with Crippen molar-refractivity contribution in [1.29, 1.82) is 0 Å². The van der Waals surface area contributed by atoms with E-state index < -0.39 is 0 Å². The standard InChI is InChI=1S/C17H18N6S/c1-12-6-3-4-9-15(12)22-17-20-11-19-16(23-17)21-13-7-5-8-14(10-13)24-18-2/h3-11,18H,1-2H3,(H2,19,20,21,22,23). The third-order valence-electron chi connectivity index (χ3n) is 3.27. The first-order valence-corrected chi connectivity index (χ1v) is 8.28. The Morgan fingerprint density at radius 2 is 1.71 bits per heavy atom. The van der Waals surface area contributed by atoms with Crippen molar-refractivity contribution in [2.45, 2.75) is 11.8 Å². The molecule has 122 valence electrons. The molecular formula is C17H18N6S. The maximum atomic E-state index is 4.41. The minimum Gasteiger partial charge on any atom is -0.324 e. The first kappa shape index (κ1) is 16.2. The molecule has 24 heavy (non-hydrogen) atoms. The Labute approximate surface area is 145 Å². The van der Waals surface area contributed by atoms with Gasteiger partial charge in [0, 0.05) is 16.3 Å². The Morgan fingerprint density at radius 1 is 0.917 bits per heavy atom. The second kappa shape index (κ2) is 7.76. The third-order valence-corrected chi connectivity index (χ3v) is 3.97. The normalized spacial score (nSPS) is 10.4. The van der Waals surface area contributed by atoms with Gasteiger partial charge in [-0.3, -0.25) is 4.72 Å². The van der Waals surface area contributed by atoms with E-state index in [9.17, 15) is 0 Å². The van der Waals surface area contributed by atoms with Crippen LogP contribution in [-0.4, -0.2) is 22.0 Å². The lowest BCUT2D eigenvalue weighted by Crippen LogP contribution is -2.03. The van der Waals surface area contributed by atoms with E-state index in [1.54, 1.807) is 11.9 Å². The number of nitrogens with zero attached hydrogens (tertiary/aromatic N) is 3. The number of rotatable bonds is 6. The van der Waals surface area contributed by atoms with E-state index in [0.29, 0.717) is 11.9 Å². The molecule has 3 rings (SSSR count). The summed E-state index contributed by atoms with van der Waals surface area (Å²) in [6, 6.07) is 16.0. The molecule has 6 nitrogen and oxygen atoms in total. The van der Waals surface area contributed by atoms with Crippen molar-refractivity contribution in [3.8, 4) is 0 Å². The summed E-state index contributed by atoms with van der Waals surface area (Å²) in [5.74, 6) is 0.996. The fraction of sp³-hybridized carbons (Fsp3) is 0.118. The van der Waals surface area contributed by atoms with Crippen LogP contribution in [0.25, 0.3) is 0 Å². The van der Waals surface area contributed by atoms with Gasteiger partial charge in [-0.1, -0.05) is 24.3 Å². The van der Waals surface area contributed by atoms with E-state index in [4.69, 9.17) is 0 Å². The van der Waals surface area contributed by atoms with Crippen molar-refractivity contribution in [3.63, 3.8) is 0 Å². The zero-order valence-electron chi connectivity index (χ0n) is 13.4. The minimum absolute atomic E-state index is 0.493. The molecule has 0 aliphatic carbocycles. The molecule has 0 saturated carbocycles. The second-order valence-corrected chi connectivity index (χ2v) is 6.12. The Bertz CT molecular complexity index is 823. The third kappa shape index (κ3) is 4.21. The van der Waals surface area contributed by atoms with Crippen LogP contribution in [0.5, 0.6) is 0 Å². The van der Waals surface area contributed by atoms with Gasteiger partial charge in [0.1, 0.15) is 6.33 Å². The van der Waals surface area contributed by atoms with E-state index >= 15 is 0 Å². The molecule has 2 aromatic carbocycles. The summed E-state index contributed by atoms with van der Waals surface area (Å²) >= 11 is 1.55. The highest BCUT2D eigenvalue weighted by Crippen LogP contribution is 2.22. The van der Waals surface area contributed by atoms with Gasteiger partial charge in [-0.05, 0) is 55.7 Å². The van der Waals surface area contributed by atoms with Crippen LogP contribution in [0.1, 0.15) is 5.56 Å². The maximum absolute atomic E-state index is 4.41. The summed E-state index contributed by atoms with van der Waals surface area (Å²) < 4.78 is 3.05. The van der Waals surface area contributed by atoms with Gasteiger partial charge >= 0.3 is 0 Å². The number of para-hydroxylation sites is 1. The molecule has 0 fully saturated rings. The van der Waals surface area contributed by atoms with Crippen LogP contribution in [0.3, 0.4) is 0 Å². The predicted octanol–water partition coefficient (Wildman–Crippen LogP) is 3.89. The monoisotopic (exact) mass is 338 g/mol. The van der Waals surface area contributed by atoms with Gasteiger partial charge in [-0.2, -0.15) is 4.98 Å². The van der Waals surface area contributed by atoms with Gasteiger partial charge in [0.25, 0.3) is 0 Å². The van der Waals surface area contributed by atoms with Crippen LogP contribution in [-0.2, 0) is 0 Å². The summed E-state index contributed by atoms with van der Waals surface area (Å²) in [7, 11) is 1.89. The van der Waals surface area contributed by atoms with Crippen LogP contribution in [0, 0.1) is 6.92 Å². The highest BCUT2D eigenvalue weighted by atomic mass is 32.2. The SMILES string of the molecule is CNSc1cccc(Nc2ncnc(Nc3ccccc3C)n2)c1. The molecule has 0 radical (unpaired) electrons.